The van der Waals surface area contributed by atoms with E-state index in [2.05, 4.69) is 4.72 Å². The number of nitrogens with zero attached hydrogens (tertiary/aromatic N) is 1. The van der Waals surface area contributed by atoms with Gasteiger partial charge in [0.2, 0.25) is 10.0 Å². The number of sulfonamides is 1. The van der Waals surface area contributed by atoms with Crippen molar-refractivity contribution in [2.45, 2.75) is 25.8 Å². The molecule has 0 aromatic heterocycles. The number of ether oxygens (including phenoxy) is 1. The van der Waals surface area contributed by atoms with E-state index in [1.54, 1.807) is 4.90 Å². The minimum absolute atomic E-state index is 0.0394. The van der Waals surface area contributed by atoms with Gasteiger partial charge in [-0.25, -0.2) is 8.42 Å². The highest BCUT2D eigenvalue weighted by molar-refractivity contribution is 7.89. The average molecular weight is 358 g/mol. The highest BCUT2D eigenvalue weighted by atomic mass is 32.2. The van der Waals surface area contributed by atoms with Gasteiger partial charge in [0, 0.05) is 18.8 Å². The summed E-state index contributed by atoms with van der Waals surface area (Å²) in [7, 11) is -2.36. The molecule has 0 saturated carbocycles. The minimum Gasteiger partial charge on any atom is -0.468 e. The summed E-state index contributed by atoms with van der Waals surface area (Å²) >= 11 is 0. The monoisotopic (exact) mass is 358 g/mol. The largest absolute Gasteiger partial charge is 0.468 e. The van der Waals surface area contributed by atoms with Gasteiger partial charge < -0.3 is 14.7 Å². The van der Waals surface area contributed by atoms with Crippen LogP contribution in [0.4, 0.5) is 5.69 Å². The molecule has 0 bridgehead atoms. The van der Waals surface area contributed by atoms with Crippen LogP contribution in [-0.2, 0) is 19.6 Å². The second-order valence-corrected chi connectivity index (χ2v) is 7.24. The zero-order valence-corrected chi connectivity index (χ0v) is 15.0. The number of hydrogen-bond donors (Lipinski definition) is 2. The predicted octanol–water partition coefficient (Wildman–Crippen LogP) is 0.746. The first-order valence-electron chi connectivity index (χ1n) is 7.92. The molecule has 1 aromatic rings. The van der Waals surface area contributed by atoms with E-state index in [1.165, 1.54) is 7.11 Å². The van der Waals surface area contributed by atoms with Crippen molar-refractivity contribution in [2.75, 3.05) is 37.5 Å². The molecule has 0 saturated heterocycles. The summed E-state index contributed by atoms with van der Waals surface area (Å²) in [6.07, 6.45) is 1.26. The molecule has 136 valence electrons. The van der Waals surface area contributed by atoms with Crippen LogP contribution in [0.25, 0.3) is 0 Å². The van der Waals surface area contributed by atoms with Crippen LogP contribution in [0.1, 0.15) is 19.8 Å². The summed E-state index contributed by atoms with van der Waals surface area (Å²) in [5, 5.41) is 9.26. The second kappa shape index (κ2) is 10.3. The fraction of sp³-hybridized carbons (Fsp3) is 0.562. The maximum atomic E-state index is 12.1. The molecular formula is C16H26N2O5S. The number of carbonyl (C=O) groups is 1. The second-order valence-electron chi connectivity index (χ2n) is 5.37. The number of carbonyl (C=O) groups excluding carboxylic acids is 1. The number of methoxy groups -OCH3 is 1. The van der Waals surface area contributed by atoms with Crippen molar-refractivity contribution in [1.82, 2.24) is 4.72 Å². The van der Waals surface area contributed by atoms with Gasteiger partial charge in [-0.3, -0.25) is 4.79 Å². The highest BCUT2D eigenvalue weighted by Gasteiger charge is 2.27. The fourth-order valence-corrected chi connectivity index (χ4v) is 3.61. The van der Waals surface area contributed by atoms with Gasteiger partial charge >= 0.3 is 5.97 Å². The Bertz CT molecular complexity index is 592. The Morgan fingerprint density at radius 3 is 2.54 bits per heavy atom. The Kier molecular flexibility index (Phi) is 8.73. The Balaban J connectivity index is 2.92. The number of hydrogen-bond acceptors (Lipinski definition) is 6. The number of unbranched alkanes of at least 4 members (excludes halogenated alkanes) is 1. The highest BCUT2D eigenvalue weighted by Crippen LogP contribution is 2.14. The molecule has 1 aromatic carbocycles. The van der Waals surface area contributed by atoms with Gasteiger partial charge in [-0.05, 0) is 18.6 Å². The Morgan fingerprint density at radius 2 is 2.00 bits per heavy atom. The summed E-state index contributed by atoms with van der Waals surface area (Å²) in [6, 6.07) is 8.14. The minimum atomic E-state index is -3.58. The van der Waals surface area contributed by atoms with E-state index in [4.69, 9.17) is 4.74 Å². The molecule has 0 amide bonds. The average Bonchev–Trinajstić information content (AvgIpc) is 2.58. The molecule has 7 nitrogen and oxygen atoms in total. The molecule has 8 heteroatoms. The van der Waals surface area contributed by atoms with Gasteiger partial charge in [-0.2, -0.15) is 4.72 Å². The zero-order valence-electron chi connectivity index (χ0n) is 14.1. The molecule has 1 unspecified atom stereocenters. The lowest BCUT2D eigenvalue weighted by atomic mass is 10.2. The van der Waals surface area contributed by atoms with E-state index in [0.29, 0.717) is 6.42 Å². The topological polar surface area (TPSA) is 95.9 Å². The van der Waals surface area contributed by atoms with Crippen LogP contribution in [0.2, 0.25) is 0 Å². The van der Waals surface area contributed by atoms with Crippen LogP contribution in [-0.4, -0.2) is 58.1 Å². The number of aliphatic hydroxyl groups excluding tert-OH is 1. The third-order valence-corrected chi connectivity index (χ3v) is 4.94. The fourth-order valence-electron chi connectivity index (χ4n) is 2.22. The molecule has 2 N–H and O–H groups in total. The first-order chi connectivity index (χ1) is 11.4. The number of rotatable bonds is 11. The molecule has 0 radical (unpaired) electrons. The molecule has 0 aliphatic heterocycles. The molecular weight excluding hydrogens is 332 g/mol. The quantitative estimate of drug-likeness (QED) is 0.567. The third-order valence-electron chi connectivity index (χ3n) is 3.47. The van der Waals surface area contributed by atoms with E-state index in [0.717, 1.165) is 12.1 Å². The van der Waals surface area contributed by atoms with Gasteiger partial charge in [0.1, 0.15) is 6.04 Å². The van der Waals surface area contributed by atoms with Crippen LogP contribution in [0.15, 0.2) is 30.3 Å². The van der Waals surface area contributed by atoms with Crippen molar-refractivity contribution in [3.05, 3.63) is 30.3 Å². The smallest absolute Gasteiger partial charge is 0.325 e. The molecule has 1 atom stereocenters. The molecule has 24 heavy (non-hydrogen) atoms. The Hall–Kier alpha value is -1.64. The van der Waals surface area contributed by atoms with Crippen LogP contribution in [0, 0.1) is 0 Å². The van der Waals surface area contributed by atoms with Crippen molar-refractivity contribution in [3.8, 4) is 0 Å². The number of esters is 1. The number of nitrogens with one attached hydrogen (secondary N) is 1. The van der Waals surface area contributed by atoms with Gasteiger partial charge in [0.15, 0.2) is 0 Å². The van der Waals surface area contributed by atoms with Crippen LogP contribution >= 0.6 is 0 Å². The standard InChI is InChI=1S/C16H26N2O5S/c1-3-4-12-24(21,22)17-15(16(20)23-2)13-18(10-11-19)14-8-6-5-7-9-14/h5-9,15,17,19H,3-4,10-13H2,1-2H3. The number of aliphatic hydroxyl groups is 1. The van der Waals surface area contributed by atoms with Crippen LogP contribution < -0.4 is 9.62 Å². The summed E-state index contributed by atoms with van der Waals surface area (Å²) in [5.74, 6) is -0.698. The third kappa shape index (κ3) is 6.86. The van der Waals surface area contributed by atoms with E-state index < -0.39 is 22.0 Å². The predicted molar refractivity (Wildman–Crippen MR) is 93.4 cm³/mol. The molecule has 0 fully saturated rings. The number of para-hydroxylation sites is 1. The Labute approximate surface area is 143 Å². The molecule has 1 rings (SSSR count). The number of anilines is 1. The van der Waals surface area contributed by atoms with E-state index in [-0.39, 0.29) is 25.4 Å². The SMILES string of the molecule is CCCCS(=O)(=O)NC(CN(CCO)c1ccccc1)C(=O)OC. The van der Waals surface area contributed by atoms with Gasteiger partial charge in [-0.15, -0.1) is 0 Å². The van der Waals surface area contributed by atoms with Gasteiger partial charge in [-0.1, -0.05) is 31.5 Å². The maximum absolute atomic E-state index is 12.1. The zero-order chi connectivity index (χ0) is 18.0. The van der Waals surface area contributed by atoms with Crippen molar-refractivity contribution < 1.29 is 23.1 Å². The lowest BCUT2D eigenvalue weighted by Gasteiger charge is -2.28. The summed E-state index contributed by atoms with van der Waals surface area (Å²) in [5.41, 5.74) is 0.785. The molecule has 0 aliphatic rings. The lowest BCUT2D eigenvalue weighted by molar-refractivity contribution is -0.142. The maximum Gasteiger partial charge on any atom is 0.325 e. The van der Waals surface area contributed by atoms with E-state index in [9.17, 15) is 18.3 Å². The van der Waals surface area contributed by atoms with Crippen molar-refractivity contribution >= 4 is 21.7 Å². The molecule has 0 spiro atoms. The molecule has 0 heterocycles. The van der Waals surface area contributed by atoms with E-state index in [1.807, 2.05) is 37.3 Å². The summed E-state index contributed by atoms with van der Waals surface area (Å²) in [4.78, 5) is 13.7. The van der Waals surface area contributed by atoms with Gasteiger partial charge in [0.25, 0.3) is 0 Å². The van der Waals surface area contributed by atoms with Crippen molar-refractivity contribution in [3.63, 3.8) is 0 Å². The van der Waals surface area contributed by atoms with E-state index >= 15 is 0 Å². The van der Waals surface area contributed by atoms with Gasteiger partial charge in [0.05, 0.1) is 19.5 Å². The van der Waals surface area contributed by atoms with Crippen molar-refractivity contribution in [1.29, 1.82) is 0 Å². The van der Waals surface area contributed by atoms with Crippen LogP contribution in [0.3, 0.4) is 0 Å². The summed E-state index contributed by atoms with van der Waals surface area (Å²) < 4.78 is 31.4. The Morgan fingerprint density at radius 1 is 1.33 bits per heavy atom. The summed E-state index contributed by atoms with van der Waals surface area (Å²) in [6.45, 7) is 2.12. The number of benzene rings is 1. The lowest BCUT2D eigenvalue weighted by Crippen LogP contribution is -2.50. The first-order valence-corrected chi connectivity index (χ1v) is 9.57. The first kappa shape index (κ1) is 20.4. The van der Waals surface area contributed by atoms with Crippen molar-refractivity contribution in [2.24, 2.45) is 0 Å². The molecule has 0 aliphatic carbocycles. The van der Waals surface area contributed by atoms with Crippen LogP contribution in [0.5, 0.6) is 0 Å². The normalized spacial score (nSPS) is 12.6.